The maximum atomic E-state index is 4.64. The highest BCUT2D eigenvalue weighted by atomic mass is 14.9. The summed E-state index contributed by atoms with van der Waals surface area (Å²) in [6.45, 7) is 10.9. The van der Waals surface area contributed by atoms with Crippen LogP contribution < -0.4 is 0 Å². The molecule has 1 heteroatoms. The van der Waals surface area contributed by atoms with Crippen molar-refractivity contribution in [2.24, 2.45) is 4.99 Å². The lowest BCUT2D eigenvalue weighted by atomic mass is 9.90. The lowest BCUT2D eigenvalue weighted by Crippen LogP contribution is -2.19. The number of nitrogens with zero attached hydrogens (tertiary/aromatic N) is 1. The molecule has 0 aromatic carbocycles. The van der Waals surface area contributed by atoms with Gasteiger partial charge in [-0.05, 0) is 45.3 Å². The minimum atomic E-state index is 0.105. The van der Waals surface area contributed by atoms with Crippen LogP contribution in [0.5, 0.6) is 0 Å². The van der Waals surface area contributed by atoms with Crippen molar-refractivity contribution in [3.63, 3.8) is 0 Å². The van der Waals surface area contributed by atoms with Gasteiger partial charge in [-0.1, -0.05) is 6.92 Å². The Bertz CT molecular complexity index is 235. The zero-order valence-electron chi connectivity index (χ0n) is 8.15. The molecule has 0 aromatic heterocycles. The van der Waals surface area contributed by atoms with Gasteiger partial charge in [0.05, 0.1) is 5.54 Å². The van der Waals surface area contributed by atoms with Crippen molar-refractivity contribution in [3.05, 3.63) is 11.1 Å². The van der Waals surface area contributed by atoms with E-state index in [1.54, 1.807) is 0 Å². The summed E-state index contributed by atoms with van der Waals surface area (Å²) in [6.07, 6.45) is 1.10. The minimum absolute atomic E-state index is 0.105. The average molecular weight is 151 g/mol. The number of allylic oxidation sites excluding steroid dienone is 1. The first-order chi connectivity index (χ1) is 5.01. The fraction of sp³-hybridized carbons (Fsp3) is 0.700. The van der Waals surface area contributed by atoms with Gasteiger partial charge in [0, 0.05) is 5.71 Å². The molecule has 0 saturated carbocycles. The molecule has 0 saturated heterocycles. The van der Waals surface area contributed by atoms with Crippen LogP contribution in [0.4, 0.5) is 0 Å². The molecule has 62 valence electrons. The van der Waals surface area contributed by atoms with Crippen molar-refractivity contribution < 1.29 is 0 Å². The minimum Gasteiger partial charge on any atom is -0.279 e. The van der Waals surface area contributed by atoms with Gasteiger partial charge in [-0.3, -0.25) is 4.99 Å². The quantitative estimate of drug-likeness (QED) is 0.546. The number of rotatable bonds is 1. The molecule has 0 spiro atoms. The van der Waals surface area contributed by atoms with E-state index in [1.807, 2.05) is 0 Å². The van der Waals surface area contributed by atoms with Crippen molar-refractivity contribution in [1.82, 2.24) is 0 Å². The van der Waals surface area contributed by atoms with E-state index in [-0.39, 0.29) is 5.54 Å². The van der Waals surface area contributed by atoms with Crippen LogP contribution >= 0.6 is 0 Å². The monoisotopic (exact) mass is 151 g/mol. The van der Waals surface area contributed by atoms with Crippen molar-refractivity contribution >= 4 is 5.71 Å². The standard InChI is InChI=1S/C10H17N/c1-6-10(5)8(3)7(2)9(4)11-10/h6H2,1-5H3. The number of hydrogen-bond acceptors (Lipinski definition) is 1. The predicted octanol–water partition coefficient (Wildman–Crippen LogP) is 2.97. The molecule has 1 heterocycles. The predicted molar refractivity (Wildman–Crippen MR) is 50.2 cm³/mol. The second-order valence-electron chi connectivity index (χ2n) is 3.57. The van der Waals surface area contributed by atoms with Gasteiger partial charge in [0.15, 0.2) is 0 Å². The Morgan fingerprint density at radius 3 is 2.00 bits per heavy atom. The Hall–Kier alpha value is -0.590. The van der Waals surface area contributed by atoms with Crippen molar-refractivity contribution in [1.29, 1.82) is 0 Å². The Kier molecular flexibility index (Phi) is 1.91. The summed E-state index contributed by atoms with van der Waals surface area (Å²) in [7, 11) is 0. The summed E-state index contributed by atoms with van der Waals surface area (Å²) in [5.41, 5.74) is 4.15. The van der Waals surface area contributed by atoms with E-state index in [9.17, 15) is 0 Å². The van der Waals surface area contributed by atoms with E-state index in [4.69, 9.17) is 0 Å². The highest BCUT2D eigenvalue weighted by Gasteiger charge is 2.29. The largest absolute Gasteiger partial charge is 0.279 e. The number of hydrogen-bond donors (Lipinski definition) is 0. The molecule has 0 bridgehead atoms. The maximum Gasteiger partial charge on any atom is 0.0792 e. The smallest absolute Gasteiger partial charge is 0.0792 e. The van der Waals surface area contributed by atoms with Crippen LogP contribution in [0.2, 0.25) is 0 Å². The molecule has 0 radical (unpaired) electrons. The summed E-state index contributed by atoms with van der Waals surface area (Å²) in [6, 6.07) is 0. The zero-order chi connectivity index (χ0) is 8.65. The van der Waals surface area contributed by atoms with Crippen LogP contribution in [0.1, 0.15) is 41.0 Å². The normalized spacial score (nSPS) is 31.2. The number of aliphatic imine (C=N–C) groups is 1. The van der Waals surface area contributed by atoms with E-state index in [2.05, 4.69) is 39.6 Å². The lowest BCUT2D eigenvalue weighted by molar-refractivity contribution is 0.542. The van der Waals surface area contributed by atoms with Crippen molar-refractivity contribution in [2.45, 2.75) is 46.6 Å². The molecular formula is C10H17N. The summed E-state index contributed by atoms with van der Waals surface area (Å²) < 4.78 is 0. The van der Waals surface area contributed by atoms with E-state index < -0.39 is 0 Å². The molecule has 1 unspecified atom stereocenters. The first kappa shape index (κ1) is 8.51. The van der Waals surface area contributed by atoms with Crippen LogP contribution in [0.25, 0.3) is 0 Å². The van der Waals surface area contributed by atoms with Gasteiger partial charge in [-0.25, -0.2) is 0 Å². The van der Waals surface area contributed by atoms with Crippen LogP contribution in [-0.2, 0) is 0 Å². The molecule has 1 rings (SSSR count). The van der Waals surface area contributed by atoms with Crippen LogP contribution in [0.15, 0.2) is 16.1 Å². The van der Waals surface area contributed by atoms with Crippen LogP contribution in [-0.4, -0.2) is 11.3 Å². The Morgan fingerprint density at radius 1 is 1.27 bits per heavy atom. The van der Waals surface area contributed by atoms with Crippen molar-refractivity contribution in [2.75, 3.05) is 0 Å². The second kappa shape index (κ2) is 2.47. The van der Waals surface area contributed by atoms with Gasteiger partial charge < -0.3 is 0 Å². The highest BCUT2D eigenvalue weighted by Crippen LogP contribution is 2.33. The molecule has 11 heavy (non-hydrogen) atoms. The molecule has 0 aromatic rings. The van der Waals surface area contributed by atoms with E-state index in [1.165, 1.54) is 16.9 Å². The van der Waals surface area contributed by atoms with E-state index >= 15 is 0 Å². The topological polar surface area (TPSA) is 12.4 Å². The maximum absolute atomic E-state index is 4.64. The van der Waals surface area contributed by atoms with Gasteiger partial charge >= 0.3 is 0 Å². The first-order valence-electron chi connectivity index (χ1n) is 4.26. The zero-order valence-corrected chi connectivity index (χ0v) is 8.15. The highest BCUT2D eigenvalue weighted by molar-refractivity contribution is 6.01. The van der Waals surface area contributed by atoms with Crippen molar-refractivity contribution in [3.8, 4) is 0 Å². The van der Waals surface area contributed by atoms with Gasteiger partial charge in [-0.15, -0.1) is 0 Å². The molecule has 0 amide bonds. The first-order valence-corrected chi connectivity index (χ1v) is 4.26. The summed E-state index contributed by atoms with van der Waals surface area (Å²) in [4.78, 5) is 4.64. The van der Waals surface area contributed by atoms with Gasteiger partial charge in [0.25, 0.3) is 0 Å². The fourth-order valence-corrected chi connectivity index (χ4v) is 1.56. The van der Waals surface area contributed by atoms with E-state index in [0.29, 0.717) is 0 Å². The van der Waals surface area contributed by atoms with Gasteiger partial charge in [0.2, 0.25) is 0 Å². The lowest BCUT2D eigenvalue weighted by Gasteiger charge is -2.20. The van der Waals surface area contributed by atoms with E-state index in [0.717, 1.165) is 6.42 Å². The fourth-order valence-electron chi connectivity index (χ4n) is 1.56. The molecular weight excluding hydrogens is 134 g/mol. The Labute approximate surface area is 69.2 Å². The summed E-state index contributed by atoms with van der Waals surface area (Å²) >= 11 is 0. The third kappa shape index (κ3) is 1.13. The van der Waals surface area contributed by atoms with Gasteiger partial charge in [0.1, 0.15) is 0 Å². The molecule has 1 atom stereocenters. The van der Waals surface area contributed by atoms with Crippen LogP contribution in [0.3, 0.4) is 0 Å². The average Bonchev–Trinajstić information content (AvgIpc) is 2.17. The molecule has 1 aliphatic heterocycles. The third-order valence-corrected chi connectivity index (χ3v) is 3.02. The summed E-state index contributed by atoms with van der Waals surface area (Å²) in [5.74, 6) is 0. The molecule has 1 nitrogen and oxygen atoms in total. The SMILES string of the molecule is CCC1(C)N=C(C)C(C)=C1C. The Balaban J connectivity index is 3.09. The van der Waals surface area contributed by atoms with Crippen LogP contribution in [0, 0.1) is 0 Å². The molecule has 0 aliphatic carbocycles. The second-order valence-corrected chi connectivity index (χ2v) is 3.57. The molecule has 0 N–H and O–H groups in total. The third-order valence-electron chi connectivity index (χ3n) is 3.02. The molecule has 0 fully saturated rings. The summed E-state index contributed by atoms with van der Waals surface area (Å²) in [5, 5.41) is 0. The van der Waals surface area contributed by atoms with Gasteiger partial charge in [-0.2, -0.15) is 0 Å². The Morgan fingerprint density at radius 2 is 1.82 bits per heavy atom. The molecule has 1 aliphatic rings.